The second-order valence-corrected chi connectivity index (χ2v) is 11.0. The molecule has 0 saturated heterocycles. The molecule has 0 N–H and O–H groups in total. The summed E-state index contributed by atoms with van der Waals surface area (Å²) in [6.45, 7) is 3.88. The van der Waals surface area contributed by atoms with Gasteiger partial charge in [-0.25, -0.2) is 9.79 Å². The summed E-state index contributed by atoms with van der Waals surface area (Å²) in [4.78, 5) is 42.6. The molecule has 12 nitrogen and oxygen atoms in total. The Bertz CT molecular complexity index is 2030. The number of non-ortho nitro benzene ring substituents is 1. The van der Waals surface area contributed by atoms with Crippen LogP contribution in [0.3, 0.4) is 0 Å². The summed E-state index contributed by atoms with van der Waals surface area (Å²) in [5.41, 5.74) is 2.49. The van der Waals surface area contributed by atoms with Crippen molar-refractivity contribution in [3.63, 3.8) is 0 Å². The average Bonchev–Trinajstić information content (AvgIpc) is 3.63. The van der Waals surface area contributed by atoms with Gasteiger partial charge in [0.25, 0.3) is 11.2 Å². The number of carbonyl (C=O) groups is 1. The SMILES string of the molecule is CCOC(=O)C1=C(C)N=c2sc(=Cc3ccc(OCc4ccc([N+](=O)[O-])cc4)c(OC)c3)c(=O)n2C1c1ccc2c(c1)OCO2. The third kappa shape index (κ3) is 5.77. The molecule has 4 aromatic rings. The Hall–Kier alpha value is -5.43. The molecule has 13 heteroatoms. The molecular weight excluding hydrogens is 602 g/mol. The van der Waals surface area contributed by atoms with Gasteiger partial charge in [0.1, 0.15) is 6.61 Å². The maximum absolute atomic E-state index is 14.0. The first-order valence-electron chi connectivity index (χ1n) is 13.9. The Morgan fingerprint density at radius 1 is 1.11 bits per heavy atom. The normalized spacial score (nSPS) is 15.4. The zero-order valence-corrected chi connectivity index (χ0v) is 25.3. The summed E-state index contributed by atoms with van der Waals surface area (Å²) >= 11 is 1.21. The van der Waals surface area contributed by atoms with Crippen molar-refractivity contribution in [1.82, 2.24) is 4.57 Å². The number of esters is 1. The molecule has 0 bridgehead atoms. The first-order chi connectivity index (χ1) is 21.8. The first kappa shape index (κ1) is 29.6. The number of allylic oxidation sites excluding steroid dienone is 1. The van der Waals surface area contributed by atoms with Crippen molar-refractivity contribution in [2.45, 2.75) is 26.5 Å². The fraction of sp³-hybridized carbons (Fsp3) is 0.219. The van der Waals surface area contributed by atoms with Crippen LogP contribution in [0.15, 0.2) is 81.7 Å². The van der Waals surface area contributed by atoms with Crippen molar-refractivity contribution >= 4 is 29.1 Å². The van der Waals surface area contributed by atoms with E-state index < -0.39 is 16.9 Å². The number of benzene rings is 3. The number of rotatable bonds is 9. The molecule has 0 fully saturated rings. The highest BCUT2D eigenvalue weighted by molar-refractivity contribution is 7.07. The highest BCUT2D eigenvalue weighted by atomic mass is 32.1. The third-order valence-electron chi connectivity index (χ3n) is 7.26. The average molecular weight is 630 g/mol. The maximum Gasteiger partial charge on any atom is 0.338 e. The van der Waals surface area contributed by atoms with Crippen molar-refractivity contribution in [3.8, 4) is 23.0 Å². The van der Waals surface area contributed by atoms with E-state index in [9.17, 15) is 19.7 Å². The number of thiazole rings is 1. The number of carbonyl (C=O) groups excluding carboxylic acids is 1. The van der Waals surface area contributed by atoms with Gasteiger partial charge in [-0.1, -0.05) is 23.5 Å². The highest BCUT2D eigenvalue weighted by Crippen LogP contribution is 2.38. The Morgan fingerprint density at radius 3 is 2.62 bits per heavy atom. The molecule has 0 amide bonds. The van der Waals surface area contributed by atoms with E-state index in [1.54, 1.807) is 68.5 Å². The number of ether oxygens (including phenoxy) is 5. The van der Waals surface area contributed by atoms with Gasteiger partial charge in [0.15, 0.2) is 27.8 Å². The standard InChI is InChI=1S/C32H27N3O9S/c1-4-41-31(37)28-18(2)33-32-34(29(28)21-8-12-24-26(15-21)44-17-43-24)30(36)27(45-32)14-20-7-11-23(25(13-20)40-3)42-16-19-5-9-22(10-6-19)35(38)39/h5-15,29H,4,16-17H2,1-3H3. The van der Waals surface area contributed by atoms with Crippen LogP contribution in [0.5, 0.6) is 23.0 Å². The van der Waals surface area contributed by atoms with E-state index >= 15 is 0 Å². The van der Waals surface area contributed by atoms with Crippen LogP contribution in [0, 0.1) is 10.1 Å². The lowest BCUT2D eigenvalue weighted by Crippen LogP contribution is -2.39. The molecule has 0 spiro atoms. The maximum atomic E-state index is 14.0. The van der Waals surface area contributed by atoms with Crippen LogP contribution in [0.2, 0.25) is 0 Å². The van der Waals surface area contributed by atoms with Crippen LogP contribution in [0.25, 0.3) is 6.08 Å². The van der Waals surface area contributed by atoms with Crippen LogP contribution in [0.1, 0.15) is 36.6 Å². The van der Waals surface area contributed by atoms with Gasteiger partial charge in [0.05, 0.1) is 40.5 Å². The number of nitro benzene ring substituents is 1. The number of aromatic nitrogens is 1. The molecule has 1 unspecified atom stereocenters. The van der Waals surface area contributed by atoms with E-state index in [1.165, 1.54) is 35.1 Å². The van der Waals surface area contributed by atoms with E-state index in [0.29, 0.717) is 49.2 Å². The number of methoxy groups -OCH3 is 1. The second-order valence-electron chi connectivity index (χ2n) is 10.0. The fourth-order valence-corrected chi connectivity index (χ4v) is 6.16. The Balaban J connectivity index is 1.35. The summed E-state index contributed by atoms with van der Waals surface area (Å²) < 4.78 is 29.8. The van der Waals surface area contributed by atoms with Crippen LogP contribution in [0.4, 0.5) is 5.69 Å². The second kappa shape index (κ2) is 12.3. The molecule has 2 aliphatic heterocycles. The van der Waals surface area contributed by atoms with Crippen LogP contribution in [-0.2, 0) is 16.1 Å². The lowest BCUT2D eigenvalue weighted by Gasteiger charge is -2.24. The number of hydrogen-bond acceptors (Lipinski definition) is 11. The molecule has 0 aliphatic carbocycles. The summed E-state index contributed by atoms with van der Waals surface area (Å²) in [5, 5.41) is 10.9. The van der Waals surface area contributed by atoms with Gasteiger partial charge >= 0.3 is 5.97 Å². The molecule has 0 radical (unpaired) electrons. The summed E-state index contributed by atoms with van der Waals surface area (Å²) in [5.74, 6) is 1.46. The minimum atomic E-state index is -0.790. The first-order valence-corrected chi connectivity index (χ1v) is 14.7. The van der Waals surface area contributed by atoms with Crippen molar-refractivity contribution in [2.75, 3.05) is 20.5 Å². The number of nitrogens with zero attached hydrogens (tertiary/aromatic N) is 3. The quantitative estimate of drug-likeness (QED) is 0.153. The summed E-state index contributed by atoms with van der Waals surface area (Å²) in [6.07, 6.45) is 1.73. The lowest BCUT2D eigenvalue weighted by atomic mass is 9.95. The molecule has 1 aromatic heterocycles. The largest absolute Gasteiger partial charge is 0.493 e. The monoisotopic (exact) mass is 629 g/mol. The van der Waals surface area contributed by atoms with Gasteiger partial charge in [-0.15, -0.1) is 0 Å². The van der Waals surface area contributed by atoms with E-state index in [1.807, 2.05) is 0 Å². The molecule has 1 atom stereocenters. The smallest absolute Gasteiger partial charge is 0.338 e. The molecular formula is C32H27N3O9S. The van der Waals surface area contributed by atoms with Crippen LogP contribution in [-0.4, -0.2) is 36.0 Å². The minimum absolute atomic E-state index is 0.000420. The molecule has 0 saturated carbocycles. The molecule has 45 heavy (non-hydrogen) atoms. The predicted octanol–water partition coefficient (Wildman–Crippen LogP) is 4.02. The topological polar surface area (TPSA) is 141 Å². The highest BCUT2D eigenvalue weighted by Gasteiger charge is 2.34. The molecule has 2 aliphatic rings. The number of fused-ring (bicyclic) bond motifs is 2. The van der Waals surface area contributed by atoms with E-state index in [4.69, 9.17) is 23.7 Å². The number of hydrogen-bond donors (Lipinski definition) is 0. The van der Waals surface area contributed by atoms with Gasteiger partial charge in [-0.2, -0.15) is 0 Å². The number of nitro groups is 1. The van der Waals surface area contributed by atoms with Gasteiger partial charge in [0.2, 0.25) is 6.79 Å². The minimum Gasteiger partial charge on any atom is -0.493 e. The van der Waals surface area contributed by atoms with E-state index in [0.717, 1.165) is 5.56 Å². The summed E-state index contributed by atoms with van der Waals surface area (Å²) in [7, 11) is 1.51. The third-order valence-corrected chi connectivity index (χ3v) is 8.24. The fourth-order valence-electron chi connectivity index (χ4n) is 5.11. The predicted molar refractivity (Wildman–Crippen MR) is 163 cm³/mol. The Labute approximate surface area is 260 Å². The Morgan fingerprint density at radius 2 is 1.89 bits per heavy atom. The molecule has 6 rings (SSSR count). The van der Waals surface area contributed by atoms with Gasteiger partial charge < -0.3 is 23.7 Å². The van der Waals surface area contributed by atoms with E-state index in [-0.39, 0.29) is 36.8 Å². The van der Waals surface area contributed by atoms with Crippen molar-refractivity contribution in [2.24, 2.45) is 4.99 Å². The molecule has 230 valence electrons. The van der Waals surface area contributed by atoms with Gasteiger partial charge in [-0.3, -0.25) is 19.5 Å². The van der Waals surface area contributed by atoms with Crippen molar-refractivity contribution in [1.29, 1.82) is 0 Å². The summed E-state index contributed by atoms with van der Waals surface area (Å²) in [6, 6.07) is 15.9. The zero-order valence-electron chi connectivity index (χ0n) is 24.5. The zero-order chi connectivity index (χ0) is 31.7. The van der Waals surface area contributed by atoms with Gasteiger partial charge in [0, 0.05) is 12.1 Å². The Kier molecular flexibility index (Phi) is 8.09. The van der Waals surface area contributed by atoms with E-state index in [2.05, 4.69) is 4.99 Å². The molecule has 3 heterocycles. The van der Waals surface area contributed by atoms with Crippen molar-refractivity contribution < 1.29 is 33.4 Å². The van der Waals surface area contributed by atoms with Crippen LogP contribution < -0.4 is 33.8 Å². The van der Waals surface area contributed by atoms with Crippen molar-refractivity contribution in [3.05, 3.63) is 118 Å². The van der Waals surface area contributed by atoms with Crippen LogP contribution >= 0.6 is 11.3 Å². The lowest BCUT2D eigenvalue weighted by molar-refractivity contribution is -0.384. The molecule has 3 aromatic carbocycles. The van der Waals surface area contributed by atoms with Gasteiger partial charge in [-0.05, 0) is 73.0 Å².